The summed E-state index contributed by atoms with van der Waals surface area (Å²) in [6.45, 7) is 16.8. The third-order valence-corrected chi connectivity index (χ3v) is 8.21. The molecule has 0 amide bonds. The van der Waals surface area contributed by atoms with Gasteiger partial charge >= 0.3 is 18.9 Å². The third kappa shape index (κ3) is 8.44. The Balaban J connectivity index is -0.000000720. The van der Waals surface area contributed by atoms with Gasteiger partial charge in [-0.05, 0) is 0 Å². The summed E-state index contributed by atoms with van der Waals surface area (Å²) < 4.78 is 0.620. The molecule has 0 N–H and O–H groups in total. The van der Waals surface area contributed by atoms with Gasteiger partial charge in [-0.2, -0.15) is 0 Å². The van der Waals surface area contributed by atoms with Crippen molar-refractivity contribution in [2.75, 3.05) is 0 Å². The molecule has 0 aromatic carbocycles. The van der Waals surface area contributed by atoms with Gasteiger partial charge in [-0.15, -0.1) is 0 Å². The van der Waals surface area contributed by atoms with Crippen molar-refractivity contribution in [2.45, 2.75) is 63.3 Å². The fourth-order valence-corrected chi connectivity index (χ4v) is 5.82. The molecule has 0 saturated heterocycles. The van der Waals surface area contributed by atoms with Gasteiger partial charge in [-0.1, -0.05) is 75.1 Å². The maximum atomic E-state index is 2.44. The normalized spacial score (nSPS) is 11.8. The van der Waals surface area contributed by atoms with Crippen LogP contribution in [-0.4, -0.2) is 33.0 Å². The summed E-state index contributed by atoms with van der Waals surface area (Å²) in [5, 5.41) is 3.03. The first-order valence-electron chi connectivity index (χ1n) is 5.73. The van der Waals surface area contributed by atoms with Crippen molar-refractivity contribution in [2.24, 2.45) is 11.8 Å². The van der Waals surface area contributed by atoms with Crippen molar-refractivity contribution in [3.8, 4) is 0 Å². The monoisotopic (exact) mass is 208 g/mol. The Bertz CT molecular complexity index is 131. The maximum absolute atomic E-state index is 2.44. The summed E-state index contributed by atoms with van der Waals surface area (Å²) in [6, 6.07) is 0. The van der Waals surface area contributed by atoms with E-state index in [-0.39, 0.29) is 20.3 Å². The molecule has 0 rings (SSSR count). The van der Waals surface area contributed by atoms with E-state index in [0.29, 0.717) is 4.28 Å². The van der Waals surface area contributed by atoms with Gasteiger partial charge in [0.25, 0.3) is 14.1 Å². The van der Waals surface area contributed by atoms with Crippen LogP contribution in [0.15, 0.2) is 0 Å². The van der Waals surface area contributed by atoms with Gasteiger partial charge in [-0.3, -0.25) is 0 Å². The zero-order chi connectivity index (χ0) is 10.6. The molecule has 0 unspecified atom stereocenters. The van der Waals surface area contributed by atoms with Gasteiger partial charge in [0.15, 0.2) is 0 Å². The molecule has 0 spiro atoms. The van der Waals surface area contributed by atoms with Gasteiger partial charge in [0, 0.05) is 1.43 Å². The molecule has 0 fully saturated rings. The first-order valence-corrected chi connectivity index (χ1v) is 7.94. The molecule has 82 valence electrons. The van der Waals surface area contributed by atoms with Crippen LogP contribution in [-0.2, 0) is 0 Å². The van der Waals surface area contributed by atoms with Crippen molar-refractivity contribution in [3.05, 3.63) is 0 Å². The van der Waals surface area contributed by atoms with Crippen LogP contribution in [0.1, 0.15) is 49.9 Å². The standard InChI is InChI=1S/3C4H9.Al.Li.H2.H/c3*1-4(2)3;;;;/h1-3H3;2*4H,1H2,2-3H3;;;1H;. The van der Waals surface area contributed by atoms with E-state index in [1.54, 1.807) is 0 Å². The summed E-state index contributed by atoms with van der Waals surface area (Å²) >= 11 is -0.538. The predicted octanol–water partition coefficient (Wildman–Crippen LogP) is 4.19. The number of rotatable bonds is 4. The predicted molar refractivity (Wildman–Crippen MR) is 74.0 cm³/mol. The first-order chi connectivity index (χ1) is 5.73. The van der Waals surface area contributed by atoms with Crippen LogP contribution in [0.5, 0.6) is 0 Å². The van der Waals surface area contributed by atoms with Crippen LogP contribution >= 0.6 is 0 Å². The van der Waals surface area contributed by atoms with E-state index >= 15 is 0 Å². The van der Waals surface area contributed by atoms with Gasteiger partial charge in [0.1, 0.15) is 0 Å². The van der Waals surface area contributed by atoms with E-state index < -0.39 is 14.1 Å². The van der Waals surface area contributed by atoms with E-state index in [1.165, 1.54) is 10.6 Å². The second-order valence-corrected chi connectivity index (χ2v) is 10.4. The Morgan fingerprint density at radius 1 is 0.929 bits per heavy atom. The number of hydrogen-bond donors (Lipinski definition) is 0. The van der Waals surface area contributed by atoms with Gasteiger partial charge < -0.3 is 0 Å². The topological polar surface area (TPSA) is 0 Å². The minimum absolute atomic E-state index is 0. The summed E-state index contributed by atoms with van der Waals surface area (Å²) in [7, 11) is 0. The molecule has 0 aromatic heterocycles. The molecule has 0 saturated carbocycles. The SMILES string of the molecule is CC(C)[CH2][Al]([CH2]C(C)C)[C](C)(C)C.[HH].[LiH]. The third-order valence-electron chi connectivity index (χ3n) is 2.74. The molecule has 0 aliphatic carbocycles. The molecule has 0 atom stereocenters. The van der Waals surface area contributed by atoms with Gasteiger partial charge in [-0.25, -0.2) is 0 Å². The molecule has 0 aliphatic rings. The molecule has 0 nitrogen and oxygen atoms in total. The Morgan fingerprint density at radius 2 is 1.21 bits per heavy atom. The molecule has 0 aromatic rings. The molecular weight excluding hydrogens is 178 g/mol. The first kappa shape index (κ1) is 17.5. The zero-order valence-electron chi connectivity index (χ0n) is 10.6. The van der Waals surface area contributed by atoms with Crippen molar-refractivity contribution in [3.63, 3.8) is 0 Å². The average Bonchev–Trinajstić information content (AvgIpc) is 1.81. The van der Waals surface area contributed by atoms with Crippen LogP contribution in [0.4, 0.5) is 0 Å². The summed E-state index contributed by atoms with van der Waals surface area (Å²) in [5.74, 6) is 1.80. The second kappa shape index (κ2) is 7.41. The fourth-order valence-electron chi connectivity index (χ4n) is 1.94. The molecule has 0 aliphatic heterocycles. The van der Waals surface area contributed by atoms with Crippen LogP contribution in [0.3, 0.4) is 0 Å². The van der Waals surface area contributed by atoms with Crippen molar-refractivity contribution in [1.29, 1.82) is 0 Å². The fraction of sp³-hybridized carbons (Fsp3) is 1.00. The Morgan fingerprint density at radius 3 is 1.36 bits per heavy atom. The molecule has 2 heteroatoms. The molecule has 0 bridgehead atoms. The van der Waals surface area contributed by atoms with E-state index in [2.05, 4.69) is 48.5 Å². The molecule has 0 radical (unpaired) electrons. The molecular formula is C12H30AlLi. The van der Waals surface area contributed by atoms with E-state index in [0.717, 1.165) is 11.8 Å². The van der Waals surface area contributed by atoms with E-state index in [4.69, 9.17) is 0 Å². The quantitative estimate of drug-likeness (QED) is 0.608. The van der Waals surface area contributed by atoms with Crippen LogP contribution in [0, 0.1) is 11.8 Å². The van der Waals surface area contributed by atoms with E-state index in [9.17, 15) is 0 Å². The zero-order valence-corrected chi connectivity index (χ0v) is 11.8. The van der Waals surface area contributed by atoms with Crippen LogP contribution in [0.2, 0.25) is 14.8 Å². The number of hydrogen-bond acceptors (Lipinski definition) is 0. The Kier molecular flexibility index (Phi) is 9.28. The Hall–Kier alpha value is 1.13. The van der Waals surface area contributed by atoms with Crippen molar-refractivity contribution >= 4 is 33.0 Å². The van der Waals surface area contributed by atoms with Crippen LogP contribution in [0.25, 0.3) is 0 Å². The van der Waals surface area contributed by atoms with Gasteiger partial charge in [0.2, 0.25) is 0 Å². The van der Waals surface area contributed by atoms with E-state index in [1.807, 2.05) is 0 Å². The summed E-state index contributed by atoms with van der Waals surface area (Å²) in [6.07, 6.45) is 0. The minimum atomic E-state index is -0.538. The van der Waals surface area contributed by atoms with Crippen LogP contribution < -0.4 is 0 Å². The Labute approximate surface area is 109 Å². The summed E-state index contributed by atoms with van der Waals surface area (Å²) in [5.41, 5.74) is 0. The summed E-state index contributed by atoms with van der Waals surface area (Å²) in [4.78, 5) is 0. The van der Waals surface area contributed by atoms with Gasteiger partial charge in [0.05, 0.1) is 0 Å². The average molecular weight is 208 g/mol. The second-order valence-electron chi connectivity index (χ2n) is 6.32. The van der Waals surface area contributed by atoms with Crippen molar-refractivity contribution in [1.82, 2.24) is 0 Å². The molecule has 14 heavy (non-hydrogen) atoms. The molecule has 0 heterocycles. The van der Waals surface area contributed by atoms with Crippen molar-refractivity contribution < 1.29 is 1.43 Å².